The van der Waals surface area contributed by atoms with Gasteiger partial charge in [-0.25, -0.2) is 0 Å². The van der Waals surface area contributed by atoms with Crippen molar-refractivity contribution in [3.8, 4) is 17.6 Å². The number of hydrogen-bond donors (Lipinski definition) is 1. The summed E-state index contributed by atoms with van der Waals surface area (Å²) in [5.74, 6) is 1.60. The lowest BCUT2D eigenvalue weighted by molar-refractivity contribution is 0.389. The van der Waals surface area contributed by atoms with Crippen LogP contribution in [0.4, 0.5) is 0 Å². The van der Waals surface area contributed by atoms with Crippen LogP contribution in [-0.2, 0) is 6.54 Å². The molecule has 1 aromatic carbocycles. The zero-order valence-corrected chi connectivity index (χ0v) is 10.5. The standard InChI is InChI=1S/C13H18N2O2/c1-10-7-11(16-2)8-13(17-3)12(10)9-15-6-4-5-14/h7-8,15H,4,6,9H2,1-3H3. The molecule has 92 valence electrons. The van der Waals surface area contributed by atoms with Crippen molar-refractivity contribution in [2.45, 2.75) is 19.9 Å². The Morgan fingerprint density at radius 2 is 2.06 bits per heavy atom. The second kappa shape index (κ2) is 6.77. The molecule has 0 unspecified atom stereocenters. The molecule has 0 aromatic heterocycles. The van der Waals surface area contributed by atoms with Crippen molar-refractivity contribution in [1.82, 2.24) is 5.32 Å². The van der Waals surface area contributed by atoms with Gasteiger partial charge in [0.1, 0.15) is 11.5 Å². The van der Waals surface area contributed by atoms with E-state index in [0.29, 0.717) is 19.5 Å². The molecule has 0 aliphatic carbocycles. The van der Waals surface area contributed by atoms with Crippen molar-refractivity contribution in [3.05, 3.63) is 23.3 Å². The van der Waals surface area contributed by atoms with E-state index in [2.05, 4.69) is 11.4 Å². The van der Waals surface area contributed by atoms with E-state index in [1.807, 2.05) is 19.1 Å². The molecule has 0 spiro atoms. The van der Waals surface area contributed by atoms with E-state index in [1.165, 1.54) is 0 Å². The van der Waals surface area contributed by atoms with Crippen LogP contribution in [0.3, 0.4) is 0 Å². The van der Waals surface area contributed by atoms with Gasteiger partial charge in [-0.2, -0.15) is 5.26 Å². The van der Waals surface area contributed by atoms with Crippen LogP contribution < -0.4 is 14.8 Å². The van der Waals surface area contributed by atoms with Crippen molar-refractivity contribution in [3.63, 3.8) is 0 Å². The summed E-state index contributed by atoms with van der Waals surface area (Å²) in [4.78, 5) is 0. The van der Waals surface area contributed by atoms with Gasteiger partial charge >= 0.3 is 0 Å². The van der Waals surface area contributed by atoms with E-state index in [1.54, 1.807) is 14.2 Å². The summed E-state index contributed by atoms with van der Waals surface area (Å²) in [7, 11) is 3.28. The van der Waals surface area contributed by atoms with Crippen molar-refractivity contribution in [2.75, 3.05) is 20.8 Å². The van der Waals surface area contributed by atoms with Gasteiger partial charge in [-0.05, 0) is 18.6 Å². The Kier molecular flexibility index (Phi) is 5.31. The van der Waals surface area contributed by atoms with Gasteiger partial charge in [0.2, 0.25) is 0 Å². The van der Waals surface area contributed by atoms with Crippen LogP contribution >= 0.6 is 0 Å². The molecule has 4 nitrogen and oxygen atoms in total. The molecule has 0 radical (unpaired) electrons. The minimum Gasteiger partial charge on any atom is -0.497 e. The number of methoxy groups -OCH3 is 2. The lowest BCUT2D eigenvalue weighted by atomic mass is 10.1. The van der Waals surface area contributed by atoms with Crippen molar-refractivity contribution in [1.29, 1.82) is 5.26 Å². The molecule has 1 N–H and O–H groups in total. The van der Waals surface area contributed by atoms with Crippen molar-refractivity contribution < 1.29 is 9.47 Å². The molecule has 1 aromatic rings. The maximum atomic E-state index is 8.46. The van der Waals surface area contributed by atoms with Gasteiger partial charge in [-0.15, -0.1) is 0 Å². The molecule has 0 saturated carbocycles. The highest BCUT2D eigenvalue weighted by Gasteiger charge is 2.08. The molecule has 0 fully saturated rings. The summed E-state index contributed by atoms with van der Waals surface area (Å²) >= 11 is 0. The van der Waals surface area contributed by atoms with E-state index in [4.69, 9.17) is 14.7 Å². The SMILES string of the molecule is COc1cc(C)c(CNCCC#N)c(OC)c1. The van der Waals surface area contributed by atoms with E-state index in [0.717, 1.165) is 22.6 Å². The second-order valence-corrected chi connectivity index (χ2v) is 3.71. The summed E-state index contributed by atoms with van der Waals surface area (Å²) in [5.41, 5.74) is 2.22. The molecule has 0 aliphatic rings. The first kappa shape index (κ1) is 13.3. The zero-order valence-electron chi connectivity index (χ0n) is 10.5. The first-order valence-corrected chi connectivity index (χ1v) is 5.52. The van der Waals surface area contributed by atoms with Crippen molar-refractivity contribution in [2.24, 2.45) is 0 Å². The minimum absolute atomic E-state index is 0.511. The van der Waals surface area contributed by atoms with Gasteiger partial charge in [0.15, 0.2) is 0 Å². The first-order valence-electron chi connectivity index (χ1n) is 5.52. The summed E-state index contributed by atoms with van der Waals surface area (Å²) in [6.07, 6.45) is 0.511. The molecule has 4 heteroatoms. The number of rotatable bonds is 6. The van der Waals surface area contributed by atoms with Gasteiger partial charge in [0.25, 0.3) is 0 Å². The highest BCUT2D eigenvalue weighted by molar-refractivity contribution is 5.46. The Bertz CT molecular complexity index is 411. The molecule has 0 aliphatic heterocycles. The highest BCUT2D eigenvalue weighted by atomic mass is 16.5. The van der Waals surface area contributed by atoms with Gasteiger partial charge in [0.05, 0.1) is 20.3 Å². The van der Waals surface area contributed by atoms with E-state index in [-0.39, 0.29) is 0 Å². The number of aryl methyl sites for hydroxylation is 1. The van der Waals surface area contributed by atoms with Crippen LogP contribution in [0.25, 0.3) is 0 Å². The van der Waals surface area contributed by atoms with E-state index in [9.17, 15) is 0 Å². The van der Waals surface area contributed by atoms with Crippen LogP contribution in [0.1, 0.15) is 17.5 Å². The van der Waals surface area contributed by atoms with E-state index >= 15 is 0 Å². The fourth-order valence-electron chi connectivity index (χ4n) is 1.64. The zero-order chi connectivity index (χ0) is 12.7. The Balaban J connectivity index is 2.79. The average Bonchev–Trinajstić information content (AvgIpc) is 2.35. The Morgan fingerprint density at radius 1 is 1.29 bits per heavy atom. The summed E-state index contributed by atoms with van der Waals surface area (Å²) < 4.78 is 10.5. The van der Waals surface area contributed by atoms with Gasteiger partial charge in [-0.1, -0.05) is 0 Å². The third kappa shape index (κ3) is 3.65. The maximum Gasteiger partial charge on any atom is 0.127 e. The maximum absolute atomic E-state index is 8.46. The van der Waals surface area contributed by atoms with E-state index < -0.39 is 0 Å². The quantitative estimate of drug-likeness (QED) is 0.765. The molecule has 0 amide bonds. The smallest absolute Gasteiger partial charge is 0.127 e. The van der Waals surface area contributed by atoms with Crippen LogP contribution in [0.2, 0.25) is 0 Å². The predicted octanol–water partition coefficient (Wildman–Crippen LogP) is 2.02. The monoisotopic (exact) mass is 234 g/mol. The van der Waals surface area contributed by atoms with Gasteiger partial charge in [0, 0.05) is 31.1 Å². The average molecular weight is 234 g/mol. The fourth-order valence-corrected chi connectivity index (χ4v) is 1.64. The second-order valence-electron chi connectivity index (χ2n) is 3.71. The third-order valence-electron chi connectivity index (χ3n) is 2.58. The molecule has 0 bridgehead atoms. The largest absolute Gasteiger partial charge is 0.497 e. The summed E-state index contributed by atoms with van der Waals surface area (Å²) in [6, 6.07) is 5.95. The predicted molar refractivity (Wildman–Crippen MR) is 66.2 cm³/mol. The number of hydrogen-bond acceptors (Lipinski definition) is 4. The van der Waals surface area contributed by atoms with Crippen LogP contribution in [0.5, 0.6) is 11.5 Å². The number of benzene rings is 1. The fraction of sp³-hybridized carbons (Fsp3) is 0.462. The lowest BCUT2D eigenvalue weighted by Crippen LogP contribution is -2.15. The number of nitriles is 1. The molecular formula is C13H18N2O2. The molecule has 0 atom stereocenters. The lowest BCUT2D eigenvalue weighted by Gasteiger charge is -2.14. The Hall–Kier alpha value is -1.73. The van der Waals surface area contributed by atoms with Crippen LogP contribution in [0.15, 0.2) is 12.1 Å². The topological polar surface area (TPSA) is 54.3 Å². The highest BCUT2D eigenvalue weighted by Crippen LogP contribution is 2.28. The Morgan fingerprint density at radius 3 is 2.65 bits per heavy atom. The normalized spacial score (nSPS) is 9.76. The minimum atomic E-state index is 0.511. The number of nitrogens with zero attached hydrogens (tertiary/aromatic N) is 1. The van der Waals surface area contributed by atoms with Gasteiger partial charge < -0.3 is 14.8 Å². The summed E-state index contributed by atoms with van der Waals surface area (Å²) in [5, 5.41) is 11.7. The number of nitrogens with one attached hydrogen (secondary N) is 1. The summed E-state index contributed by atoms with van der Waals surface area (Å²) in [6.45, 7) is 3.40. The molecular weight excluding hydrogens is 216 g/mol. The van der Waals surface area contributed by atoms with Crippen LogP contribution in [0, 0.1) is 18.3 Å². The van der Waals surface area contributed by atoms with Crippen LogP contribution in [-0.4, -0.2) is 20.8 Å². The van der Waals surface area contributed by atoms with Crippen molar-refractivity contribution >= 4 is 0 Å². The molecule has 0 heterocycles. The molecule has 0 saturated heterocycles. The van der Waals surface area contributed by atoms with Gasteiger partial charge in [-0.3, -0.25) is 0 Å². The molecule has 1 rings (SSSR count). The first-order chi connectivity index (χ1) is 8.22. The third-order valence-corrected chi connectivity index (χ3v) is 2.58. The number of ether oxygens (including phenoxy) is 2. The molecule has 17 heavy (non-hydrogen) atoms. The Labute approximate surface area is 102 Å².